The molecule has 0 aliphatic carbocycles. The molecule has 0 amide bonds. The van der Waals surface area contributed by atoms with E-state index in [1.165, 1.54) is 0 Å². The van der Waals surface area contributed by atoms with Crippen LogP contribution < -0.4 is 10.0 Å². The van der Waals surface area contributed by atoms with E-state index in [2.05, 4.69) is 28.9 Å². The van der Waals surface area contributed by atoms with Gasteiger partial charge in [-0.15, -0.1) is 0 Å². The highest BCUT2D eigenvalue weighted by Crippen LogP contribution is 2.12. The Morgan fingerprint density at radius 2 is 2.15 bits per heavy atom. The molecule has 116 valence electrons. The third-order valence-electron chi connectivity index (χ3n) is 2.70. The van der Waals surface area contributed by atoms with Gasteiger partial charge in [0.15, 0.2) is 0 Å². The number of aromatic amines is 1. The molecule has 0 aromatic carbocycles. The molecule has 0 fully saturated rings. The van der Waals surface area contributed by atoms with Crippen LogP contribution in [0.1, 0.15) is 32.9 Å². The summed E-state index contributed by atoms with van der Waals surface area (Å²) in [6.45, 7) is 7.62. The fourth-order valence-electron chi connectivity index (χ4n) is 1.74. The molecule has 7 heteroatoms. The largest absolute Gasteiger partial charge is 0.363 e. The highest BCUT2D eigenvalue weighted by molar-refractivity contribution is 7.99. The molecule has 0 radical (unpaired) electrons. The van der Waals surface area contributed by atoms with Gasteiger partial charge in [0.1, 0.15) is 0 Å². The fraction of sp³-hybridized carbons (Fsp3) is 0.692. The monoisotopic (exact) mass is 319 g/mol. The SMILES string of the molecule is CCCNCc1cc(S(=O)(=O)NC(C)CSCC)c[nH]1. The summed E-state index contributed by atoms with van der Waals surface area (Å²) in [6, 6.07) is 1.62. The van der Waals surface area contributed by atoms with Crippen molar-refractivity contribution in [3.63, 3.8) is 0 Å². The molecule has 0 saturated carbocycles. The Morgan fingerprint density at radius 3 is 2.80 bits per heavy atom. The van der Waals surface area contributed by atoms with Crippen LogP contribution in [0.15, 0.2) is 17.2 Å². The third kappa shape index (κ3) is 5.87. The van der Waals surface area contributed by atoms with Crippen molar-refractivity contribution in [1.82, 2.24) is 15.0 Å². The zero-order valence-electron chi connectivity index (χ0n) is 12.4. The fourth-order valence-corrected chi connectivity index (χ4v) is 3.78. The first kappa shape index (κ1) is 17.6. The minimum atomic E-state index is -3.42. The maximum absolute atomic E-state index is 12.2. The van der Waals surface area contributed by atoms with E-state index in [1.807, 2.05) is 6.92 Å². The summed E-state index contributed by atoms with van der Waals surface area (Å²) in [5.41, 5.74) is 0.884. The summed E-state index contributed by atoms with van der Waals surface area (Å²) in [7, 11) is -3.42. The van der Waals surface area contributed by atoms with Crippen LogP contribution in [0, 0.1) is 0 Å². The van der Waals surface area contributed by atoms with Crippen molar-refractivity contribution in [2.45, 2.75) is 44.7 Å². The van der Waals surface area contributed by atoms with Crippen LogP contribution in [0.4, 0.5) is 0 Å². The molecule has 1 heterocycles. The van der Waals surface area contributed by atoms with Crippen LogP contribution >= 0.6 is 11.8 Å². The summed E-state index contributed by atoms with van der Waals surface area (Å²) in [5, 5.41) is 3.23. The van der Waals surface area contributed by atoms with E-state index < -0.39 is 10.0 Å². The lowest BCUT2D eigenvalue weighted by atomic mass is 10.4. The smallest absolute Gasteiger partial charge is 0.242 e. The molecule has 3 N–H and O–H groups in total. The van der Waals surface area contributed by atoms with Gasteiger partial charge in [-0.1, -0.05) is 13.8 Å². The van der Waals surface area contributed by atoms with Crippen molar-refractivity contribution in [3.05, 3.63) is 18.0 Å². The van der Waals surface area contributed by atoms with Crippen molar-refractivity contribution >= 4 is 21.8 Å². The Labute approximate surface area is 126 Å². The van der Waals surface area contributed by atoms with Crippen molar-refractivity contribution in [2.24, 2.45) is 0 Å². The molecule has 0 bridgehead atoms. The first-order valence-corrected chi connectivity index (χ1v) is 9.61. The second-order valence-electron chi connectivity index (χ2n) is 4.72. The minimum Gasteiger partial charge on any atom is -0.363 e. The van der Waals surface area contributed by atoms with E-state index >= 15 is 0 Å². The number of hydrogen-bond acceptors (Lipinski definition) is 4. The van der Waals surface area contributed by atoms with Gasteiger partial charge in [-0.2, -0.15) is 11.8 Å². The Kier molecular flexibility index (Phi) is 7.65. The second kappa shape index (κ2) is 8.71. The van der Waals surface area contributed by atoms with E-state index in [0.717, 1.165) is 30.2 Å². The van der Waals surface area contributed by atoms with Gasteiger partial charge in [0.25, 0.3) is 0 Å². The molecule has 1 rings (SSSR count). The number of aromatic nitrogens is 1. The van der Waals surface area contributed by atoms with E-state index in [-0.39, 0.29) is 6.04 Å². The highest BCUT2D eigenvalue weighted by atomic mass is 32.2. The number of nitrogens with one attached hydrogen (secondary N) is 3. The van der Waals surface area contributed by atoms with Gasteiger partial charge in [0, 0.05) is 30.2 Å². The summed E-state index contributed by atoms with van der Waals surface area (Å²) in [4.78, 5) is 3.31. The molecule has 1 atom stereocenters. The van der Waals surface area contributed by atoms with Gasteiger partial charge in [-0.05, 0) is 31.7 Å². The number of thioether (sulfide) groups is 1. The Hall–Kier alpha value is -0.500. The van der Waals surface area contributed by atoms with Crippen LogP contribution in [0.3, 0.4) is 0 Å². The van der Waals surface area contributed by atoms with Gasteiger partial charge >= 0.3 is 0 Å². The summed E-state index contributed by atoms with van der Waals surface area (Å²) in [5.74, 6) is 1.77. The van der Waals surface area contributed by atoms with E-state index in [0.29, 0.717) is 11.4 Å². The van der Waals surface area contributed by atoms with Crippen molar-refractivity contribution in [3.8, 4) is 0 Å². The Bertz CT molecular complexity index is 486. The average Bonchev–Trinajstić information content (AvgIpc) is 2.86. The number of sulfonamides is 1. The average molecular weight is 319 g/mol. The molecule has 0 spiro atoms. The number of hydrogen-bond donors (Lipinski definition) is 3. The van der Waals surface area contributed by atoms with E-state index in [4.69, 9.17) is 0 Å². The van der Waals surface area contributed by atoms with Crippen LogP contribution in [0.2, 0.25) is 0 Å². The quantitative estimate of drug-likeness (QED) is 0.576. The lowest BCUT2D eigenvalue weighted by Crippen LogP contribution is -2.34. The molecule has 1 aromatic heterocycles. The number of H-pyrrole nitrogens is 1. The molecule has 20 heavy (non-hydrogen) atoms. The predicted octanol–water partition coefficient (Wildman–Crippen LogP) is 1.93. The maximum atomic E-state index is 12.2. The number of rotatable bonds is 10. The molecular formula is C13H25N3O2S2. The second-order valence-corrected chi connectivity index (χ2v) is 7.75. The van der Waals surface area contributed by atoms with Crippen molar-refractivity contribution < 1.29 is 8.42 Å². The highest BCUT2D eigenvalue weighted by Gasteiger charge is 2.18. The summed E-state index contributed by atoms with van der Waals surface area (Å²) < 4.78 is 27.1. The molecule has 0 saturated heterocycles. The lowest BCUT2D eigenvalue weighted by Gasteiger charge is -2.12. The van der Waals surface area contributed by atoms with Gasteiger partial charge in [0.05, 0.1) is 4.90 Å². The predicted molar refractivity (Wildman–Crippen MR) is 85.6 cm³/mol. The van der Waals surface area contributed by atoms with Crippen LogP contribution in [0.25, 0.3) is 0 Å². The van der Waals surface area contributed by atoms with Gasteiger partial charge in [0.2, 0.25) is 10.0 Å². The van der Waals surface area contributed by atoms with E-state index in [1.54, 1.807) is 24.0 Å². The Balaban J connectivity index is 2.59. The topological polar surface area (TPSA) is 74.0 Å². The zero-order valence-corrected chi connectivity index (χ0v) is 14.0. The van der Waals surface area contributed by atoms with Gasteiger partial charge < -0.3 is 10.3 Å². The van der Waals surface area contributed by atoms with Crippen LogP contribution in [0.5, 0.6) is 0 Å². The maximum Gasteiger partial charge on any atom is 0.242 e. The lowest BCUT2D eigenvalue weighted by molar-refractivity contribution is 0.571. The third-order valence-corrected chi connectivity index (χ3v) is 5.41. The van der Waals surface area contributed by atoms with Gasteiger partial charge in [-0.25, -0.2) is 13.1 Å². The van der Waals surface area contributed by atoms with Crippen LogP contribution in [-0.2, 0) is 16.6 Å². The normalized spacial score (nSPS) is 13.6. The molecule has 0 aliphatic rings. The minimum absolute atomic E-state index is 0.0680. The molecule has 0 aliphatic heterocycles. The summed E-state index contributed by atoms with van der Waals surface area (Å²) in [6.07, 6.45) is 2.60. The zero-order chi connectivity index (χ0) is 15.0. The molecule has 1 aromatic rings. The van der Waals surface area contributed by atoms with Crippen molar-refractivity contribution in [1.29, 1.82) is 0 Å². The van der Waals surface area contributed by atoms with Gasteiger partial charge in [-0.3, -0.25) is 0 Å². The first-order chi connectivity index (χ1) is 9.49. The van der Waals surface area contributed by atoms with Crippen molar-refractivity contribution in [2.75, 3.05) is 18.1 Å². The Morgan fingerprint density at radius 1 is 1.40 bits per heavy atom. The van der Waals surface area contributed by atoms with E-state index in [9.17, 15) is 8.42 Å². The first-order valence-electron chi connectivity index (χ1n) is 6.97. The molecular weight excluding hydrogens is 294 g/mol. The van der Waals surface area contributed by atoms with Crippen LogP contribution in [-0.4, -0.2) is 37.5 Å². The standard InChI is InChI=1S/C13H25N3O2S2/c1-4-6-14-8-12-7-13(9-15-12)20(17,18)16-11(3)10-19-5-2/h7,9,11,14-16H,4-6,8,10H2,1-3H3. The summed E-state index contributed by atoms with van der Waals surface area (Å²) >= 11 is 1.73. The molecule has 5 nitrogen and oxygen atoms in total. The molecule has 1 unspecified atom stereocenters.